The van der Waals surface area contributed by atoms with E-state index in [2.05, 4.69) is 49.7 Å². The predicted molar refractivity (Wildman–Crippen MR) is 59.5 cm³/mol. The molecule has 0 spiro atoms. The van der Waals surface area contributed by atoms with Gasteiger partial charge < -0.3 is 0 Å². The van der Waals surface area contributed by atoms with Crippen molar-refractivity contribution in [3.05, 3.63) is 23.1 Å². The van der Waals surface area contributed by atoms with Gasteiger partial charge in [0.05, 0.1) is 0 Å². The van der Waals surface area contributed by atoms with Gasteiger partial charge in [0.15, 0.2) is 0 Å². The molecule has 0 saturated heterocycles. The Morgan fingerprint density at radius 3 is 2.58 bits per heavy atom. The molecule has 1 rings (SSSR count). The molecular weight excluding hydrogens is 164 g/mol. The van der Waals surface area contributed by atoms with E-state index in [4.69, 9.17) is 0 Å². The summed E-state index contributed by atoms with van der Waals surface area (Å²) < 4.78 is 0. The summed E-state index contributed by atoms with van der Waals surface area (Å²) in [5.74, 6) is 6.67. The molecule has 0 aliphatic heterocycles. The molecular formula is C11H16S. The smallest absolute Gasteiger partial charge is 0.0472 e. The molecule has 1 unspecified atom stereocenters. The maximum atomic E-state index is 3.22. The van der Waals surface area contributed by atoms with E-state index in [0.717, 1.165) is 0 Å². The molecule has 0 heterocycles. The average Bonchev–Trinajstić information content (AvgIpc) is 2.11. The van der Waals surface area contributed by atoms with Crippen LogP contribution in [0, 0.1) is 17.8 Å². The fourth-order valence-electron chi connectivity index (χ4n) is 1.31. The summed E-state index contributed by atoms with van der Waals surface area (Å²) in [7, 11) is -0.591. The molecule has 1 atom stereocenters. The molecule has 0 saturated carbocycles. The van der Waals surface area contributed by atoms with Crippen LogP contribution in [0.5, 0.6) is 0 Å². The van der Waals surface area contributed by atoms with E-state index in [1.54, 1.807) is 0 Å². The lowest BCUT2D eigenvalue weighted by molar-refractivity contribution is 0.959. The summed E-state index contributed by atoms with van der Waals surface area (Å²) in [6.07, 6.45) is 13.1. The summed E-state index contributed by atoms with van der Waals surface area (Å²) in [5.41, 5.74) is 0. The number of allylic oxidation sites excluding steroid dienone is 4. The van der Waals surface area contributed by atoms with Crippen molar-refractivity contribution in [3.63, 3.8) is 0 Å². The third-order valence-corrected chi connectivity index (χ3v) is 3.78. The molecule has 0 aromatic rings. The maximum Gasteiger partial charge on any atom is 0.0472 e. The molecule has 12 heavy (non-hydrogen) atoms. The maximum absolute atomic E-state index is 3.22. The zero-order valence-electron chi connectivity index (χ0n) is 8.22. The van der Waals surface area contributed by atoms with E-state index in [1.807, 2.05) is 6.08 Å². The Morgan fingerprint density at radius 1 is 1.33 bits per heavy atom. The van der Waals surface area contributed by atoms with Crippen LogP contribution in [0.3, 0.4) is 0 Å². The van der Waals surface area contributed by atoms with Crippen LogP contribution in [0.25, 0.3) is 0 Å². The molecule has 0 aromatic heterocycles. The lowest BCUT2D eigenvalue weighted by Crippen LogP contribution is -2.04. The van der Waals surface area contributed by atoms with Crippen molar-refractivity contribution in [2.45, 2.75) is 6.92 Å². The minimum atomic E-state index is -0.591. The van der Waals surface area contributed by atoms with Crippen LogP contribution in [-0.2, 0) is 0 Å². The highest BCUT2D eigenvalue weighted by Gasteiger charge is 2.16. The van der Waals surface area contributed by atoms with E-state index in [0.29, 0.717) is 5.92 Å². The first-order valence-electron chi connectivity index (χ1n) is 4.08. The zero-order valence-corrected chi connectivity index (χ0v) is 9.03. The van der Waals surface area contributed by atoms with Gasteiger partial charge in [0.2, 0.25) is 0 Å². The molecule has 1 aliphatic carbocycles. The van der Waals surface area contributed by atoms with Crippen LogP contribution < -0.4 is 0 Å². The molecule has 0 N–H and O–H groups in total. The van der Waals surface area contributed by atoms with Gasteiger partial charge in [-0.2, -0.15) is 0 Å². The summed E-state index contributed by atoms with van der Waals surface area (Å²) >= 11 is 0. The highest BCUT2D eigenvalue weighted by Crippen LogP contribution is 2.48. The topological polar surface area (TPSA) is 0 Å². The van der Waals surface area contributed by atoms with Gasteiger partial charge in [0.25, 0.3) is 0 Å². The third kappa shape index (κ3) is 2.19. The van der Waals surface area contributed by atoms with Crippen LogP contribution in [0.2, 0.25) is 0 Å². The summed E-state index contributed by atoms with van der Waals surface area (Å²) in [4.78, 5) is 1.50. The van der Waals surface area contributed by atoms with Crippen LogP contribution in [0.1, 0.15) is 6.92 Å². The van der Waals surface area contributed by atoms with E-state index in [9.17, 15) is 0 Å². The first-order valence-corrected chi connectivity index (χ1v) is 6.94. The summed E-state index contributed by atoms with van der Waals surface area (Å²) in [6.45, 7) is 2.18. The lowest BCUT2D eigenvalue weighted by Gasteiger charge is -2.31. The molecule has 66 valence electrons. The van der Waals surface area contributed by atoms with E-state index >= 15 is 0 Å². The third-order valence-electron chi connectivity index (χ3n) is 1.87. The number of hydrogen-bond acceptors (Lipinski definition) is 0. The standard InChI is InChI=1S/C11H16S/c1-10-8-6-5-7-9-11(10)12(2,3)4/h5,7,9-10H,1-4H3. The van der Waals surface area contributed by atoms with Crippen molar-refractivity contribution >= 4 is 10.0 Å². The molecule has 0 radical (unpaired) electrons. The largest absolute Gasteiger partial charge is 0.226 e. The second-order valence-corrected chi connectivity index (χ2v) is 7.92. The van der Waals surface area contributed by atoms with Crippen LogP contribution >= 0.6 is 10.0 Å². The van der Waals surface area contributed by atoms with Gasteiger partial charge in [-0.05, 0) is 36.7 Å². The zero-order chi connectivity index (χ0) is 9.19. The van der Waals surface area contributed by atoms with E-state index < -0.39 is 10.0 Å². The Kier molecular flexibility index (Phi) is 2.69. The predicted octanol–water partition coefficient (Wildman–Crippen LogP) is 2.77. The Morgan fingerprint density at radius 2 is 2.00 bits per heavy atom. The quantitative estimate of drug-likeness (QED) is 0.544. The molecule has 1 aliphatic rings. The molecule has 0 bridgehead atoms. The fraction of sp³-hybridized carbons (Fsp3) is 0.455. The van der Waals surface area contributed by atoms with Crippen LogP contribution in [0.15, 0.2) is 23.1 Å². The van der Waals surface area contributed by atoms with Crippen molar-refractivity contribution in [3.8, 4) is 11.8 Å². The van der Waals surface area contributed by atoms with Crippen LogP contribution in [0.4, 0.5) is 0 Å². The number of hydrogen-bond donors (Lipinski definition) is 0. The fourth-order valence-corrected chi connectivity index (χ4v) is 2.92. The van der Waals surface area contributed by atoms with Crippen molar-refractivity contribution in [1.82, 2.24) is 0 Å². The van der Waals surface area contributed by atoms with Gasteiger partial charge in [0.1, 0.15) is 0 Å². The van der Waals surface area contributed by atoms with Gasteiger partial charge in [-0.1, -0.05) is 24.0 Å². The van der Waals surface area contributed by atoms with Gasteiger partial charge >= 0.3 is 0 Å². The molecule has 0 fully saturated rings. The summed E-state index contributed by atoms with van der Waals surface area (Å²) in [5, 5.41) is 0. The molecule has 0 amide bonds. The first-order chi connectivity index (χ1) is 5.52. The second kappa shape index (κ2) is 3.41. The number of rotatable bonds is 1. The Hall–Kier alpha value is -0.610. The van der Waals surface area contributed by atoms with Crippen molar-refractivity contribution in [2.75, 3.05) is 18.8 Å². The second-order valence-electron chi connectivity index (χ2n) is 3.78. The van der Waals surface area contributed by atoms with Gasteiger partial charge in [0, 0.05) is 5.92 Å². The lowest BCUT2D eigenvalue weighted by atomic mass is 10.2. The van der Waals surface area contributed by atoms with E-state index in [-0.39, 0.29) is 0 Å². The van der Waals surface area contributed by atoms with Crippen molar-refractivity contribution < 1.29 is 0 Å². The first kappa shape index (κ1) is 9.48. The monoisotopic (exact) mass is 180 g/mol. The minimum Gasteiger partial charge on any atom is -0.226 e. The summed E-state index contributed by atoms with van der Waals surface area (Å²) in [6, 6.07) is 0. The highest BCUT2D eigenvalue weighted by molar-refractivity contribution is 8.35. The molecule has 0 aromatic carbocycles. The average molecular weight is 180 g/mol. The normalized spacial score (nSPS) is 23.7. The molecule has 1 heteroatoms. The van der Waals surface area contributed by atoms with Crippen molar-refractivity contribution in [1.29, 1.82) is 0 Å². The Bertz CT molecular complexity index is 278. The Labute approximate surface area is 77.1 Å². The van der Waals surface area contributed by atoms with Gasteiger partial charge in [-0.15, -0.1) is 0 Å². The van der Waals surface area contributed by atoms with Crippen molar-refractivity contribution in [2.24, 2.45) is 5.92 Å². The van der Waals surface area contributed by atoms with E-state index in [1.165, 1.54) is 4.91 Å². The van der Waals surface area contributed by atoms with Crippen LogP contribution in [-0.4, -0.2) is 18.8 Å². The highest BCUT2D eigenvalue weighted by atomic mass is 32.3. The van der Waals surface area contributed by atoms with Gasteiger partial charge in [-0.25, -0.2) is 10.0 Å². The Balaban J connectivity index is 2.99. The SMILES string of the molecule is CC1C#CC=CC=C1S(C)(C)C. The molecule has 0 nitrogen and oxygen atoms in total. The van der Waals surface area contributed by atoms with Gasteiger partial charge in [-0.3, -0.25) is 0 Å². The minimum absolute atomic E-state index is 0.426.